The first-order chi connectivity index (χ1) is 8.43. The van der Waals surface area contributed by atoms with E-state index in [1.165, 1.54) is 6.07 Å². The summed E-state index contributed by atoms with van der Waals surface area (Å²) in [6.45, 7) is 1.12. The molecule has 0 saturated heterocycles. The van der Waals surface area contributed by atoms with Crippen molar-refractivity contribution in [2.24, 2.45) is 0 Å². The van der Waals surface area contributed by atoms with Gasteiger partial charge in [0.15, 0.2) is 0 Å². The molecule has 19 heavy (non-hydrogen) atoms. The van der Waals surface area contributed by atoms with E-state index < -0.39 is 12.5 Å². The van der Waals surface area contributed by atoms with Crippen LogP contribution >= 0.6 is 23.7 Å². The standard InChI is InChI=1S/C11H16F2N2O2S.ClH/c1-6(14-3)5-15-10(16)9-8(17-11(12)13)4-7(2)18-9;/h4,6,11,14H,5H2,1-3H3,(H,15,16);1H. The van der Waals surface area contributed by atoms with Crippen molar-refractivity contribution >= 4 is 29.7 Å². The monoisotopic (exact) mass is 314 g/mol. The van der Waals surface area contributed by atoms with Crippen molar-refractivity contribution in [1.29, 1.82) is 0 Å². The minimum absolute atomic E-state index is 0. The summed E-state index contributed by atoms with van der Waals surface area (Å²) in [5.41, 5.74) is 0. The van der Waals surface area contributed by atoms with Gasteiger partial charge in [0, 0.05) is 17.5 Å². The third-order valence-electron chi connectivity index (χ3n) is 2.31. The number of nitrogens with one attached hydrogen (secondary N) is 2. The summed E-state index contributed by atoms with van der Waals surface area (Å²) in [4.78, 5) is 12.8. The molecule has 1 aromatic heterocycles. The van der Waals surface area contributed by atoms with Crippen molar-refractivity contribution in [1.82, 2.24) is 10.6 Å². The van der Waals surface area contributed by atoms with Crippen molar-refractivity contribution in [3.05, 3.63) is 15.8 Å². The number of aryl methyl sites for hydroxylation is 1. The summed E-state index contributed by atoms with van der Waals surface area (Å²) in [5.74, 6) is -0.465. The molecule has 0 aliphatic carbocycles. The molecule has 1 atom stereocenters. The van der Waals surface area contributed by atoms with E-state index in [1.54, 1.807) is 14.0 Å². The number of carbonyl (C=O) groups is 1. The molecule has 0 aliphatic rings. The van der Waals surface area contributed by atoms with Crippen LogP contribution in [0.1, 0.15) is 21.5 Å². The second-order valence-corrected chi connectivity index (χ2v) is 5.08. The van der Waals surface area contributed by atoms with E-state index in [0.717, 1.165) is 16.2 Å². The van der Waals surface area contributed by atoms with Crippen LogP contribution in [0.3, 0.4) is 0 Å². The van der Waals surface area contributed by atoms with Gasteiger partial charge in [0.1, 0.15) is 10.6 Å². The molecule has 0 radical (unpaired) electrons. The van der Waals surface area contributed by atoms with E-state index in [4.69, 9.17) is 0 Å². The second kappa shape index (κ2) is 8.29. The number of likely N-dealkylation sites (N-methyl/N-ethyl adjacent to an activating group) is 1. The number of thiophene rings is 1. The highest BCUT2D eigenvalue weighted by atomic mass is 35.5. The fourth-order valence-corrected chi connectivity index (χ4v) is 2.12. The van der Waals surface area contributed by atoms with Crippen molar-refractivity contribution in [3.63, 3.8) is 0 Å². The van der Waals surface area contributed by atoms with Crippen LogP contribution in [-0.4, -0.2) is 32.2 Å². The summed E-state index contributed by atoms with van der Waals surface area (Å²) < 4.78 is 28.7. The van der Waals surface area contributed by atoms with E-state index in [9.17, 15) is 13.6 Å². The highest BCUT2D eigenvalue weighted by Crippen LogP contribution is 2.30. The summed E-state index contributed by atoms with van der Waals surface area (Å²) in [6, 6.07) is 1.54. The second-order valence-electron chi connectivity index (χ2n) is 3.83. The first-order valence-corrected chi connectivity index (χ1v) is 6.26. The molecule has 1 aromatic rings. The maximum atomic E-state index is 12.2. The molecular formula is C11H17ClF2N2O2S. The van der Waals surface area contributed by atoms with Gasteiger partial charge in [-0.1, -0.05) is 0 Å². The summed E-state index contributed by atoms with van der Waals surface area (Å²) in [5, 5.41) is 5.62. The van der Waals surface area contributed by atoms with Gasteiger partial charge < -0.3 is 15.4 Å². The molecule has 0 aliphatic heterocycles. The largest absolute Gasteiger partial charge is 0.433 e. The average Bonchev–Trinajstić information content (AvgIpc) is 2.65. The van der Waals surface area contributed by atoms with Crippen LogP contribution in [-0.2, 0) is 0 Å². The molecule has 0 fully saturated rings. The first-order valence-electron chi connectivity index (χ1n) is 5.44. The first kappa shape index (κ1) is 18.1. The Morgan fingerprint density at radius 2 is 2.16 bits per heavy atom. The Labute approximate surface area is 120 Å². The number of halogens is 3. The van der Waals surface area contributed by atoms with Gasteiger partial charge in [0.05, 0.1) is 0 Å². The number of ether oxygens (including phenoxy) is 1. The summed E-state index contributed by atoms with van der Waals surface area (Å²) in [7, 11) is 1.78. The molecular weight excluding hydrogens is 298 g/mol. The van der Waals surface area contributed by atoms with Gasteiger partial charge in [-0.25, -0.2) is 0 Å². The maximum absolute atomic E-state index is 12.2. The Bertz CT molecular complexity index is 415. The molecule has 0 saturated carbocycles. The predicted molar refractivity (Wildman–Crippen MR) is 73.8 cm³/mol. The van der Waals surface area contributed by atoms with E-state index >= 15 is 0 Å². The lowest BCUT2D eigenvalue weighted by Crippen LogP contribution is -2.37. The lowest BCUT2D eigenvalue weighted by atomic mass is 10.3. The SMILES string of the molecule is CNC(C)CNC(=O)c1sc(C)cc1OC(F)F.Cl. The molecule has 2 N–H and O–H groups in total. The Morgan fingerprint density at radius 3 is 2.68 bits per heavy atom. The Hall–Kier alpha value is -0.920. The average molecular weight is 315 g/mol. The molecule has 4 nitrogen and oxygen atoms in total. The zero-order chi connectivity index (χ0) is 13.7. The lowest BCUT2D eigenvalue weighted by molar-refractivity contribution is -0.0498. The quantitative estimate of drug-likeness (QED) is 0.848. The highest BCUT2D eigenvalue weighted by Gasteiger charge is 2.19. The maximum Gasteiger partial charge on any atom is 0.387 e. The summed E-state index contributed by atoms with van der Waals surface area (Å²) >= 11 is 1.13. The van der Waals surface area contributed by atoms with Crippen LogP contribution in [0.25, 0.3) is 0 Å². The number of amides is 1. The van der Waals surface area contributed by atoms with E-state index in [2.05, 4.69) is 15.4 Å². The number of carbonyl (C=O) groups excluding carboxylic acids is 1. The number of hydrogen-bond acceptors (Lipinski definition) is 4. The Morgan fingerprint density at radius 1 is 1.53 bits per heavy atom. The number of hydrogen-bond donors (Lipinski definition) is 2. The van der Waals surface area contributed by atoms with Gasteiger partial charge in [-0.05, 0) is 27.0 Å². The van der Waals surface area contributed by atoms with E-state index in [-0.39, 0.29) is 29.1 Å². The van der Waals surface area contributed by atoms with Crippen LogP contribution in [0, 0.1) is 6.92 Å². The van der Waals surface area contributed by atoms with E-state index in [1.807, 2.05) is 6.92 Å². The zero-order valence-corrected chi connectivity index (χ0v) is 12.5. The molecule has 1 heterocycles. The molecule has 8 heteroatoms. The third-order valence-corrected chi connectivity index (χ3v) is 3.34. The molecule has 1 amide bonds. The molecule has 110 valence electrons. The van der Waals surface area contributed by atoms with Crippen LogP contribution in [0.2, 0.25) is 0 Å². The molecule has 1 unspecified atom stereocenters. The highest BCUT2D eigenvalue weighted by molar-refractivity contribution is 7.14. The number of rotatable bonds is 6. The fourth-order valence-electron chi connectivity index (χ4n) is 1.26. The smallest absolute Gasteiger partial charge is 0.387 e. The molecule has 0 bridgehead atoms. The van der Waals surface area contributed by atoms with Gasteiger partial charge in [-0.2, -0.15) is 8.78 Å². The molecule has 1 rings (SSSR count). The van der Waals surface area contributed by atoms with Crippen molar-refractivity contribution in [3.8, 4) is 5.75 Å². The predicted octanol–water partition coefficient (Wildman–Crippen LogP) is 2.42. The fraction of sp³-hybridized carbons (Fsp3) is 0.545. The minimum Gasteiger partial charge on any atom is -0.433 e. The van der Waals surface area contributed by atoms with Crippen LogP contribution in [0.4, 0.5) is 8.78 Å². The van der Waals surface area contributed by atoms with Gasteiger partial charge in [-0.3, -0.25) is 4.79 Å². The Balaban J connectivity index is 0.00000324. The summed E-state index contributed by atoms with van der Waals surface area (Å²) in [6.07, 6.45) is 0. The normalized spacial score (nSPS) is 11.9. The van der Waals surface area contributed by atoms with Crippen molar-refractivity contribution in [2.45, 2.75) is 26.5 Å². The van der Waals surface area contributed by atoms with Crippen molar-refractivity contribution < 1.29 is 18.3 Å². The molecule has 0 spiro atoms. The third kappa shape index (κ3) is 5.71. The van der Waals surface area contributed by atoms with Crippen LogP contribution in [0.15, 0.2) is 6.07 Å². The number of alkyl halides is 2. The Kier molecular flexibility index (Phi) is 7.89. The van der Waals surface area contributed by atoms with Gasteiger partial charge in [0.25, 0.3) is 5.91 Å². The van der Waals surface area contributed by atoms with Gasteiger partial charge in [0.2, 0.25) is 0 Å². The van der Waals surface area contributed by atoms with Crippen molar-refractivity contribution in [2.75, 3.05) is 13.6 Å². The topological polar surface area (TPSA) is 50.4 Å². The van der Waals surface area contributed by atoms with Gasteiger partial charge in [-0.15, -0.1) is 23.7 Å². The van der Waals surface area contributed by atoms with Crippen LogP contribution in [0.5, 0.6) is 5.75 Å². The lowest BCUT2D eigenvalue weighted by Gasteiger charge is -2.11. The van der Waals surface area contributed by atoms with Gasteiger partial charge >= 0.3 is 6.61 Å². The molecule has 0 aromatic carbocycles. The zero-order valence-electron chi connectivity index (χ0n) is 10.8. The van der Waals surface area contributed by atoms with Crippen LogP contribution < -0.4 is 15.4 Å². The van der Waals surface area contributed by atoms with E-state index in [0.29, 0.717) is 6.54 Å². The minimum atomic E-state index is -2.93.